The van der Waals surface area contributed by atoms with Crippen molar-refractivity contribution in [1.29, 1.82) is 0 Å². The maximum absolute atomic E-state index is 14.3. The van der Waals surface area contributed by atoms with Crippen molar-refractivity contribution in [2.75, 3.05) is 25.2 Å². The van der Waals surface area contributed by atoms with Gasteiger partial charge in [0, 0.05) is 11.1 Å². The molecule has 0 spiro atoms. The summed E-state index contributed by atoms with van der Waals surface area (Å²) in [5.74, 6) is -0.688. The van der Waals surface area contributed by atoms with Crippen molar-refractivity contribution in [3.8, 4) is 5.75 Å². The number of nitrogens with zero attached hydrogens (tertiary/aromatic N) is 2. The summed E-state index contributed by atoms with van der Waals surface area (Å²) in [4.78, 5) is 31.9. The lowest BCUT2D eigenvalue weighted by atomic mass is 9.97. The van der Waals surface area contributed by atoms with Crippen LogP contribution in [0, 0.1) is 11.7 Å². The van der Waals surface area contributed by atoms with Gasteiger partial charge in [0.2, 0.25) is 0 Å². The van der Waals surface area contributed by atoms with Gasteiger partial charge >= 0.3 is 5.97 Å². The molecule has 164 valence electrons. The normalized spacial score (nSPS) is 16.8. The summed E-state index contributed by atoms with van der Waals surface area (Å²) < 4.78 is 24.6. The molecule has 2 atom stereocenters. The van der Waals surface area contributed by atoms with Crippen LogP contribution in [0.15, 0.2) is 47.5 Å². The number of carbonyl (C=O) groups is 2. The summed E-state index contributed by atoms with van der Waals surface area (Å²) in [6.07, 6.45) is 0.716. The highest BCUT2D eigenvalue weighted by Gasteiger charge is 2.36. The molecule has 0 N–H and O–H groups in total. The minimum Gasteiger partial charge on any atom is -0.497 e. The van der Waals surface area contributed by atoms with Gasteiger partial charge in [-0.2, -0.15) is 0 Å². The minimum absolute atomic E-state index is 0.0791. The lowest BCUT2D eigenvalue weighted by Crippen LogP contribution is -2.43. The molecule has 7 heteroatoms. The third kappa shape index (κ3) is 4.76. The zero-order chi connectivity index (χ0) is 22.5. The van der Waals surface area contributed by atoms with Gasteiger partial charge in [0.05, 0.1) is 25.1 Å². The standard InChI is InChI=1S/C24H27FN2O4/c1-5-15(3)22-24(29)27(14-21(28)31-6-2)20-12-9-17(25)13-19(20)23(26-22)16-7-10-18(30-4)11-8-16/h7-13,15,22H,5-6,14H2,1-4H3/t15?,22-/m0/s1. The van der Waals surface area contributed by atoms with E-state index in [0.29, 0.717) is 29.1 Å². The number of anilines is 1. The van der Waals surface area contributed by atoms with E-state index in [4.69, 9.17) is 14.5 Å². The number of ether oxygens (including phenoxy) is 2. The Hall–Kier alpha value is -3.22. The van der Waals surface area contributed by atoms with Gasteiger partial charge in [0.15, 0.2) is 0 Å². The zero-order valence-electron chi connectivity index (χ0n) is 18.2. The van der Waals surface area contributed by atoms with Gasteiger partial charge in [-0.15, -0.1) is 0 Å². The highest BCUT2D eigenvalue weighted by molar-refractivity contribution is 6.20. The molecule has 31 heavy (non-hydrogen) atoms. The molecule has 0 fully saturated rings. The molecule has 1 unspecified atom stereocenters. The maximum Gasteiger partial charge on any atom is 0.326 e. The number of benzene rings is 2. The molecular weight excluding hydrogens is 399 g/mol. The number of fused-ring (bicyclic) bond motifs is 1. The molecular formula is C24H27FN2O4. The lowest BCUT2D eigenvalue weighted by Gasteiger charge is -2.26. The van der Waals surface area contributed by atoms with Crippen LogP contribution in [-0.2, 0) is 14.3 Å². The van der Waals surface area contributed by atoms with Crippen LogP contribution in [0.5, 0.6) is 5.75 Å². The van der Waals surface area contributed by atoms with Crippen LogP contribution in [0.4, 0.5) is 10.1 Å². The monoisotopic (exact) mass is 426 g/mol. The molecule has 2 aromatic rings. The molecule has 1 aliphatic heterocycles. The fourth-order valence-corrected chi connectivity index (χ4v) is 3.55. The molecule has 0 aromatic heterocycles. The van der Waals surface area contributed by atoms with E-state index in [1.807, 2.05) is 26.0 Å². The summed E-state index contributed by atoms with van der Waals surface area (Å²) in [6.45, 7) is 5.58. The quantitative estimate of drug-likeness (QED) is 0.628. The molecule has 0 bridgehead atoms. The van der Waals surface area contributed by atoms with E-state index in [1.165, 1.54) is 23.1 Å². The van der Waals surface area contributed by atoms with Crippen LogP contribution < -0.4 is 9.64 Å². The third-order valence-corrected chi connectivity index (χ3v) is 5.43. The highest BCUT2D eigenvalue weighted by atomic mass is 19.1. The second-order valence-electron chi connectivity index (χ2n) is 7.43. The van der Waals surface area contributed by atoms with Gasteiger partial charge in [-0.05, 0) is 55.3 Å². The van der Waals surface area contributed by atoms with E-state index in [2.05, 4.69) is 0 Å². The third-order valence-electron chi connectivity index (χ3n) is 5.43. The second-order valence-corrected chi connectivity index (χ2v) is 7.43. The number of rotatable bonds is 7. The van der Waals surface area contributed by atoms with Crippen LogP contribution >= 0.6 is 0 Å². The number of esters is 1. The molecule has 6 nitrogen and oxygen atoms in total. The number of amides is 1. The van der Waals surface area contributed by atoms with E-state index in [0.717, 1.165) is 5.56 Å². The predicted octanol–water partition coefficient (Wildman–Crippen LogP) is 4.00. The molecule has 1 aliphatic rings. The molecule has 0 saturated heterocycles. The fourth-order valence-electron chi connectivity index (χ4n) is 3.55. The first kappa shape index (κ1) is 22.5. The van der Waals surface area contributed by atoms with E-state index in [1.54, 1.807) is 26.2 Å². The Morgan fingerprint density at radius 3 is 2.52 bits per heavy atom. The van der Waals surface area contributed by atoms with Crippen LogP contribution in [-0.4, -0.2) is 43.9 Å². The van der Waals surface area contributed by atoms with Gasteiger partial charge < -0.3 is 9.47 Å². The Balaban J connectivity index is 2.20. The van der Waals surface area contributed by atoms with E-state index in [9.17, 15) is 14.0 Å². The van der Waals surface area contributed by atoms with Crippen molar-refractivity contribution in [3.05, 3.63) is 59.4 Å². The summed E-state index contributed by atoms with van der Waals surface area (Å²) in [5.41, 5.74) is 2.11. The Morgan fingerprint density at radius 1 is 1.19 bits per heavy atom. The van der Waals surface area contributed by atoms with Gasteiger partial charge in [0.25, 0.3) is 5.91 Å². The highest BCUT2D eigenvalue weighted by Crippen LogP contribution is 2.32. The van der Waals surface area contributed by atoms with Gasteiger partial charge in [-0.1, -0.05) is 20.3 Å². The average molecular weight is 426 g/mol. The topological polar surface area (TPSA) is 68.2 Å². The lowest BCUT2D eigenvalue weighted by molar-refractivity contribution is -0.142. The number of hydrogen-bond acceptors (Lipinski definition) is 5. The van der Waals surface area contributed by atoms with Crippen molar-refractivity contribution in [2.24, 2.45) is 10.9 Å². The van der Waals surface area contributed by atoms with Crippen LogP contribution in [0.2, 0.25) is 0 Å². The first-order valence-electron chi connectivity index (χ1n) is 10.4. The first-order chi connectivity index (χ1) is 14.9. The number of carbonyl (C=O) groups excluding carboxylic acids is 2. The zero-order valence-corrected chi connectivity index (χ0v) is 18.2. The second kappa shape index (κ2) is 9.73. The van der Waals surface area contributed by atoms with Crippen molar-refractivity contribution in [1.82, 2.24) is 0 Å². The molecule has 0 aliphatic carbocycles. The van der Waals surface area contributed by atoms with Crippen molar-refractivity contribution < 1.29 is 23.5 Å². The Labute approximate surface area is 181 Å². The van der Waals surface area contributed by atoms with E-state index >= 15 is 0 Å². The van der Waals surface area contributed by atoms with Crippen molar-refractivity contribution in [3.63, 3.8) is 0 Å². The number of hydrogen-bond donors (Lipinski definition) is 0. The summed E-state index contributed by atoms with van der Waals surface area (Å²) in [6, 6.07) is 10.7. The van der Waals surface area contributed by atoms with E-state index < -0.39 is 17.8 Å². The molecule has 2 aromatic carbocycles. The fraction of sp³-hybridized carbons (Fsp3) is 0.375. The van der Waals surface area contributed by atoms with Gasteiger partial charge in [-0.3, -0.25) is 19.5 Å². The molecule has 0 radical (unpaired) electrons. The van der Waals surface area contributed by atoms with E-state index in [-0.39, 0.29) is 25.0 Å². The number of aliphatic imine (C=N–C) groups is 1. The molecule has 0 saturated carbocycles. The number of benzodiazepines with no additional fused rings is 1. The SMILES string of the molecule is CCOC(=O)CN1C(=O)[C@H](C(C)CC)N=C(c2ccc(OC)cc2)c2cc(F)ccc21. The first-order valence-corrected chi connectivity index (χ1v) is 10.4. The largest absolute Gasteiger partial charge is 0.497 e. The van der Waals surface area contributed by atoms with Crippen LogP contribution in [0.3, 0.4) is 0 Å². The molecule has 1 heterocycles. The smallest absolute Gasteiger partial charge is 0.326 e. The minimum atomic E-state index is -0.716. The average Bonchev–Trinajstić information content (AvgIpc) is 2.88. The predicted molar refractivity (Wildman–Crippen MR) is 117 cm³/mol. The van der Waals surface area contributed by atoms with Crippen LogP contribution in [0.1, 0.15) is 38.3 Å². The van der Waals surface area contributed by atoms with Crippen molar-refractivity contribution in [2.45, 2.75) is 33.2 Å². The van der Waals surface area contributed by atoms with Gasteiger partial charge in [0.1, 0.15) is 24.2 Å². The maximum atomic E-state index is 14.3. The Kier molecular flexibility index (Phi) is 7.05. The van der Waals surface area contributed by atoms with Gasteiger partial charge in [-0.25, -0.2) is 4.39 Å². The van der Waals surface area contributed by atoms with Crippen molar-refractivity contribution >= 4 is 23.3 Å². The summed E-state index contributed by atoms with van der Waals surface area (Å²) in [7, 11) is 1.58. The van der Waals surface area contributed by atoms with Crippen LogP contribution in [0.25, 0.3) is 0 Å². The number of methoxy groups -OCH3 is 1. The summed E-state index contributed by atoms with van der Waals surface area (Å²) >= 11 is 0. The Bertz CT molecular complexity index is 988. The summed E-state index contributed by atoms with van der Waals surface area (Å²) in [5, 5.41) is 0. The Morgan fingerprint density at radius 2 is 1.90 bits per heavy atom. The molecule has 1 amide bonds. The number of halogens is 1. The molecule has 3 rings (SSSR count).